The van der Waals surface area contributed by atoms with E-state index in [9.17, 15) is 14.4 Å². The van der Waals surface area contributed by atoms with E-state index >= 15 is 0 Å². The highest BCUT2D eigenvalue weighted by molar-refractivity contribution is 6.09. The van der Waals surface area contributed by atoms with Crippen LogP contribution in [0.5, 0.6) is 0 Å². The first-order chi connectivity index (χ1) is 8.84. The highest BCUT2D eigenvalue weighted by Crippen LogP contribution is 2.28. The molecule has 6 nitrogen and oxygen atoms in total. The number of rotatable bonds is 3. The second kappa shape index (κ2) is 4.38. The quantitative estimate of drug-likeness (QED) is 0.764. The Bertz CT molecular complexity index is 553. The first-order valence-electron chi connectivity index (χ1n) is 5.84. The van der Waals surface area contributed by atoms with Crippen LogP contribution in [0.25, 0.3) is 0 Å². The predicted molar refractivity (Wildman–Crippen MR) is 68.0 cm³/mol. The van der Waals surface area contributed by atoms with Crippen molar-refractivity contribution in [2.75, 3.05) is 6.54 Å². The number of hydrogen-bond donors (Lipinski definition) is 2. The molecule has 1 aliphatic heterocycles. The number of amides is 4. The molecule has 1 aliphatic rings. The molecule has 1 aromatic carbocycles. The zero-order chi connectivity index (χ0) is 14.2. The van der Waals surface area contributed by atoms with Gasteiger partial charge in [-0.05, 0) is 19.4 Å². The maximum Gasteiger partial charge on any atom is 0.325 e. The molecule has 2 rings (SSSR count). The Morgan fingerprint density at radius 2 is 1.89 bits per heavy atom. The van der Waals surface area contributed by atoms with Gasteiger partial charge in [-0.25, -0.2) is 4.79 Å². The average molecular weight is 261 g/mol. The summed E-state index contributed by atoms with van der Waals surface area (Å²) in [6.45, 7) is 3.13. The van der Waals surface area contributed by atoms with Crippen LogP contribution in [-0.2, 0) is 15.1 Å². The summed E-state index contributed by atoms with van der Waals surface area (Å²) < 4.78 is 0. The van der Waals surface area contributed by atoms with Gasteiger partial charge in [-0.3, -0.25) is 14.5 Å². The molecule has 1 aromatic rings. The number of nitrogens with two attached hydrogens (primary N) is 1. The number of nitrogens with one attached hydrogen (secondary N) is 1. The van der Waals surface area contributed by atoms with Crippen molar-refractivity contribution in [3.8, 4) is 0 Å². The molecule has 0 unspecified atom stereocenters. The van der Waals surface area contributed by atoms with Crippen LogP contribution in [0.4, 0.5) is 4.79 Å². The summed E-state index contributed by atoms with van der Waals surface area (Å²) in [5, 5.41) is 2.60. The minimum atomic E-state index is -1.15. The van der Waals surface area contributed by atoms with Crippen molar-refractivity contribution in [3.05, 3.63) is 35.4 Å². The molecule has 0 spiro atoms. The molecule has 1 atom stereocenters. The van der Waals surface area contributed by atoms with Gasteiger partial charge in [-0.1, -0.05) is 29.8 Å². The SMILES string of the molecule is Cc1ccc([C@@]2(C)NC(=O)N(CC(N)=O)C2=O)cc1. The zero-order valence-corrected chi connectivity index (χ0v) is 10.8. The Morgan fingerprint density at radius 3 is 2.42 bits per heavy atom. The molecule has 0 aliphatic carbocycles. The van der Waals surface area contributed by atoms with Crippen LogP contribution in [0.1, 0.15) is 18.1 Å². The average Bonchev–Trinajstić information content (AvgIpc) is 2.54. The fourth-order valence-corrected chi connectivity index (χ4v) is 2.08. The summed E-state index contributed by atoms with van der Waals surface area (Å²) in [6, 6.07) is 6.67. The van der Waals surface area contributed by atoms with E-state index in [0.29, 0.717) is 5.56 Å². The van der Waals surface area contributed by atoms with Gasteiger partial charge in [0.1, 0.15) is 12.1 Å². The molecule has 0 saturated carbocycles. The Balaban J connectivity index is 2.35. The Hall–Kier alpha value is -2.37. The number of urea groups is 1. The summed E-state index contributed by atoms with van der Waals surface area (Å²) >= 11 is 0. The normalized spacial score (nSPS) is 22.5. The lowest BCUT2D eigenvalue weighted by atomic mass is 9.91. The van der Waals surface area contributed by atoms with Gasteiger partial charge in [0.25, 0.3) is 5.91 Å². The number of hydrogen-bond acceptors (Lipinski definition) is 3. The van der Waals surface area contributed by atoms with Gasteiger partial charge in [-0.15, -0.1) is 0 Å². The monoisotopic (exact) mass is 261 g/mol. The third-order valence-electron chi connectivity index (χ3n) is 3.22. The molecule has 6 heteroatoms. The highest BCUT2D eigenvalue weighted by atomic mass is 16.2. The minimum Gasteiger partial charge on any atom is -0.368 e. The van der Waals surface area contributed by atoms with E-state index in [1.807, 2.05) is 19.1 Å². The molecule has 0 bridgehead atoms. The first-order valence-corrected chi connectivity index (χ1v) is 5.84. The van der Waals surface area contributed by atoms with Gasteiger partial charge in [0, 0.05) is 0 Å². The van der Waals surface area contributed by atoms with Crippen LogP contribution in [0.3, 0.4) is 0 Å². The third kappa shape index (κ3) is 2.16. The van der Waals surface area contributed by atoms with Crippen molar-refractivity contribution < 1.29 is 14.4 Å². The van der Waals surface area contributed by atoms with Crippen molar-refractivity contribution in [3.63, 3.8) is 0 Å². The zero-order valence-electron chi connectivity index (χ0n) is 10.8. The highest BCUT2D eigenvalue weighted by Gasteiger charge is 2.49. The summed E-state index contributed by atoms with van der Waals surface area (Å²) in [6.07, 6.45) is 0. The van der Waals surface area contributed by atoms with Crippen molar-refractivity contribution in [2.45, 2.75) is 19.4 Å². The summed E-state index contributed by atoms with van der Waals surface area (Å²) in [7, 11) is 0. The number of primary amides is 1. The summed E-state index contributed by atoms with van der Waals surface area (Å²) in [4.78, 5) is 35.8. The van der Waals surface area contributed by atoms with E-state index < -0.39 is 29.9 Å². The standard InChI is InChI=1S/C13H15N3O3/c1-8-3-5-9(6-4-8)13(2)11(18)16(7-10(14)17)12(19)15-13/h3-6H,7H2,1-2H3,(H2,14,17)(H,15,19)/t13-/m1/s1. The number of carbonyl (C=O) groups excluding carboxylic acids is 3. The van der Waals surface area contributed by atoms with Crippen molar-refractivity contribution >= 4 is 17.8 Å². The second-order valence-electron chi connectivity index (χ2n) is 4.78. The molecular weight excluding hydrogens is 246 g/mol. The van der Waals surface area contributed by atoms with Crippen molar-refractivity contribution in [1.82, 2.24) is 10.2 Å². The largest absolute Gasteiger partial charge is 0.368 e. The number of carbonyl (C=O) groups is 3. The van der Waals surface area contributed by atoms with Crippen LogP contribution < -0.4 is 11.1 Å². The minimum absolute atomic E-state index is 0.411. The molecule has 100 valence electrons. The topological polar surface area (TPSA) is 92.5 Å². The van der Waals surface area contributed by atoms with E-state index in [1.165, 1.54) is 0 Å². The Kier molecular flexibility index (Phi) is 3.01. The molecule has 1 saturated heterocycles. The number of imide groups is 1. The molecule has 19 heavy (non-hydrogen) atoms. The third-order valence-corrected chi connectivity index (χ3v) is 3.22. The van der Waals surface area contributed by atoms with E-state index in [2.05, 4.69) is 5.32 Å². The lowest BCUT2D eigenvalue weighted by Crippen LogP contribution is -2.42. The maximum atomic E-state index is 12.3. The number of aryl methyl sites for hydroxylation is 1. The van der Waals surface area contributed by atoms with Gasteiger partial charge in [-0.2, -0.15) is 0 Å². The lowest BCUT2D eigenvalue weighted by molar-refractivity contribution is -0.134. The first kappa shape index (κ1) is 13.1. The maximum absolute atomic E-state index is 12.3. The van der Waals surface area contributed by atoms with Gasteiger partial charge < -0.3 is 11.1 Å². The molecule has 0 radical (unpaired) electrons. The fourth-order valence-electron chi connectivity index (χ4n) is 2.08. The lowest BCUT2D eigenvalue weighted by Gasteiger charge is -2.22. The molecule has 1 heterocycles. The van der Waals surface area contributed by atoms with Crippen LogP contribution in [0, 0.1) is 6.92 Å². The Morgan fingerprint density at radius 1 is 1.32 bits per heavy atom. The molecule has 0 aromatic heterocycles. The summed E-state index contributed by atoms with van der Waals surface area (Å²) in [5.41, 5.74) is 5.60. The van der Waals surface area contributed by atoms with Crippen molar-refractivity contribution in [2.24, 2.45) is 5.73 Å². The number of benzene rings is 1. The van der Waals surface area contributed by atoms with Crippen LogP contribution in [0.15, 0.2) is 24.3 Å². The van der Waals surface area contributed by atoms with E-state index in [1.54, 1.807) is 19.1 Å². The van der Waals surface area contributed by atoms with E-state index in [-0.39, 0.29) is 0 Å². The van der Waals surface area contributed by atoms with E-state index in [4.69, 9.17) is 5.73 Å². The van der Waals surface area contributed by atoms with Crippen LogP contribution >= 0.6 is 0 Å². The molecule has 4 amide bonds. The van der Waals surface area contributed by atoms with E-state index in [0.717, 1.165) is 10.5 Å². The molecule has 1 fully saturated rings. The molecular formula is C13H15N3O3. The number of nitrogens with zero attached hydrogens (tertiary/aromatic N) is 1. The van der Waals surface area contributed by atoms with Gasteiger partial charge in [0.05, 0.1) is 0 Å². The second-order valence-corrected chi connectivity index (χ2v) is 4.78. The molecule has 3 N–H and O–H groups in total. The van der Waals surface area contributed by atoms with Gasteiger partial charge in [0.15, 0.2) is 0 Å². The fraction of sp³-hybridized carbons (Fsp3) is 0.308. The van der Waals surface area contributed by atoms with Gasteiger partial charge >= 0.3 is 6.03 Å². The predicted octanol–water partition coefficient (Wildman–Crippen LogP) is 0.247. The van der Waals surface area contributed by atoms with Crippen LogP contribution in [0.2, 0.25) is 0 Å². The van der Waals surface area contributed by atoms with Crippen molar-refractivity contribution in [1.29, 1.82) is 0 Å². The Labute approximate surface area is 110 Å². The summed E-state index contributed by atoms with van der Waals surface area (Å²) in [5.74, 6) is -1.20. The van der Waals surface area contributed by atoms with Crippen LogP contribution in [-0.4, -0.2) is 29.3 Å². The van der Waals surface area contributed by atoms with Gasteiger partial charge in [0.2, 0.25) is 5.91 Å². The smallest absolute Gasteiger partial charge is 0.325 e.